The fourth-order valence-corrected chi connectivity index (χ4v) is 4.68. The summed E-state index contributed by atoms with van der Waals surface area (Å²) in [6, 6.07) is 22.3. The first-order chi connectivity index (χ1) is 16.9. The fourth-order valence-electron chi connectivity index (χ4n) is 3.09. The lowest BCUT2D eigenvalue weighted by atomic mass is 10.2. The van der Waals surface area contributed by atoms with Crippen molar-refractivity contribution in [3.63, 3.8) is 0 Å². The van der Waals surface area contributed by atoms with Crippen molar-refractivity contribution in [1.29, 1.82) is 0 Å². The van der Waals surface area contributed by atoms with E-state index >= 15 is 0 Å². The van der Waals surface area contributed by atoms with Crippen LogP contribution in [0.1, 0.15) is 17.3 Å². The summed E-state index contributed by atoms with van der Waals surface area (Å²) in [6.07, 6.45) is 0. The second-order valence-corrected chi connectivity index (χ2v) is 9.71. The zero-order valence-corrected chi connectivity index (χ0v) is 20.1. The summed E-state index contributed by atoms with van der Waals surface area (Å²) in [7, 11) is 0. The number of hydrogen-bond acceptors (Lipinski definition) is 7. The van der Waals surface area contributed by atoms with Crippen LogP contribution in [0.4, 0.5) is 16.5 Å². The number of nitro groups is 1. The van der Waals surface area contributed by atoms with Gasteiger partial charge in [0.15, 0.2) is 5.13 Å². The standard InChI is InChI=1S/C25H20N4O4S2/c1-16(23(30)28-25-27-22(15-34-25)17-5-3-2-4-6-17)35-21-13-9-19(10-14-21)26-24(31)18-7-11-20(12-8-18)29(32)33/h2-16H,1H3,(H,26,31)(H,27,28,30). The van der Waals surface area contributed by atoms with Crippen LogP contribution < -0.4 is 10.6 Å². The third kappa shape index (κ3) is 6.31. The first-order valence-electron chi connectivity index (χ1n) is 10.5. The molecule has 2 amide bonds. The summed E-state index contributed by atoms with van der Waals surface area (Å²) in [5.41, 5.74) is 2.63. The quantitative estimate of drug-likeness (QED) is 0.170. The monoisotopic (exact) mass is 504 g/mol. The number of nitro benzene ring substituents is 1. The molecule has 0 aliphatic rings. The van der Waals surface area contributed by atoms with E-state index in [-0.39, 0.29) is 22.8 Å². The molecule has 0 radical (unpaired) electrons. The van der Waals surface area contributed by atoms with Gasteiger partial charge in [-0.25, -0.2) is 4.98 Å². The van der Waals surface area contributed by atoms with E-state index in [1.807, 2.05) is 54.8 Å². The van der Waals surface area contributed by atoms with E-state index in [0.29, 0.717) is 16.4 Å². The number of nitrogens with zero attached hydrogens (tertiary/aromatic N) is 2. The number of carbonyl (C=O) groups excluding carboxylic acids is 2. The third-order valence-electron chi connectivity index (χ3n) is 4.94. The molecule has 8 nitrogen and oxygen atoms in total. The van der Waals surface area contributed by atoms with Gasteiger partial charge >= 0.3 is 0 Å². The van der Waals surface area contributed by atoms with E-state index < -0.39 is 4.92 Å². The van der Waals surface area contributed by atoms with Gasteiger partial charge in [0.1, 0.15) is 0 Å². The highest BCUT2D eigenvalue weighted by molar-refractivity contribution is 8.00. The van der Waals surface area contributed by atoms with E-state index in [9.17, 15) is 19.7 Å². The second-order valence-electron chi connectivity index (χ2n) is 7.44. The van der Waals surface area contributed by atoms with Crippen molar-refractivity contribution in [2.24, 2.45) is 0 Å². The number of anilines is 2. The Morgan fingerprint density at radius 1 is 0.971 bits per heavy atom. The minimum atomic E-state index is -0.516. The lowest BCUT2D eigenvalue weighted by molar-refractivity contribution is -0.384. The molecule has 3 aromatic carbocycles. The molecule has 0 aliphatic carbocycles. The average molecular weight is 505 g/mol. The Hall–Kier alpha value is -4.02. The Bertz CT molecular complexity index is 1340. The molecule has 0 aliphatic heterocycles. The number of benzene rings is 3. The van der Waals surface area contributed by atoms with Crippen molar-refractivity contribution in [3.8, 4) is 11.3 Å². The Balaban J connectivity index is 1.31. The van der Waals surface area contributed by atoms with Crippen LogP contribution in [0.5, 0.6) is 0 Å². The fraction of sp³-hybridized carbons (Fsp3) is 0.0800. The minimum absolute atomic E-state index is 0.0763. The molecule has 0 spiro atoms. The van der Waals surface area contributed by atoms with Crippen LogP contribution in [0.15, 0.2) is 89.1 Å². The van der Waals surface area contributed by atoms with Gasteiger partial charge in [-0.2, -0.15) is 0 Å². The maximum Gasteiger partial charge on any atom is 0.269 e. The van der Waals surface area contributed by atoms with Crippen molar-refractivity contribution < 1.29 is 14.5 Å². The highest BCUT2D eigenvalue weighted by Gasteiger charge is 2.17. The number of rotatable bonds is 8. The molecule has 1 heterocycles. The molecule has 10 heteroatoms. The van der Waals surface area contributed by atoms with Crippen molar-refractivity contribution in [2.45, 2.75) is 17.1 Å². The summed E-state index contributed by atoms with van der Waals surface area (Å²) < 4.78 is 0. The molecule has 4 aromatic rings. The molecule has 0 bridgehead atoms. The maximum absolute atomic E-state index is 12.6. The van der Waals surface area contributed by atoms with Crippen LogP contribution in [0.3, 0.4) is 0 Å². The number of amides is 2. The molecule has 0 fully saturated rings. The number of thiazole rings is 1. The van der Waals surface area contributed by atoms with Crippen LogP contribution in [0, 0.1) is 10.1 Å². The van der Waals surface area contributed by atoms with Crippen LogP contribution in [0.2, 0.25) is 0 Å². The first kappa shape index (κ1) is 24.1. The molecule has 35 heavy (non-hydrogen) atoms. The third-order valence-corrected chi connectivity index (χ3v) is 6.81. The summed E-state index contributed by atoms with van der Waals surface area (Å²) in [5, 5.41) is 18.5. The predicted octanol–water partition coefficient (Wildman–Crippen LogP) is 6.09. The van der Waals surface area contributed by atoms with Gasteiger partial charge in [0.25, 0.3) is 11.6 Å². The van der Waals surface area contributed by atoms with Crippen molar-refractivity contribution >= 4 is 51.4 Å². The topological polar surface area (TPSA) is 114 Å². The second kappa shape index (κ2) is 10.9. The van der Waals surface area contributed by atoms with Gasteiger partial charge < -0.3 is 10.6 Å². The first-order valence-corrected chi connectivity index (χ1v) is 12.3. The molecule has 0 saturated heterocycles. The molecule has 4 rings (SSSR count). The van der Waals surface area contributed by atoms with Crippen LogP contribution in [0.25, 0.3) is 11.3 Å². The predicted molar refractivity (Wildman–Crippen MR) is 139 cm³/mol. The van der Waals surface area contributed by atoms with Crippen molar-refractivity contribution in [2.75, 3.05) is 10.6 Å². The van der Waals surface area contributed by atoms with Crippen LogP contribution in [-0.4, -0.2) is 27.0 Å². The molecule has 1 unspecified atom stereocenters. The highest BCUT2D eigenvalue weighted by Crippen LogP contribution is 2.28. The molecular weight excluding hydrogens is 484 g/mol. The zero-order valence-electron chi connectivity index (χ0n) is 18.5. The van der Waals surface area contributed by atoms with E-state index in [1.54, 1.807) is 12.1 Å². The normalized spacial score (nSPS) is 11.5. The average Bonchev–Trinajstić information content (AvgIpc) is 3.34. The molecule has 176 valence electrons. The smallest absolute Gasteiger partial charge is 0.269 e. The Morgan fingerprint density at radius 3 is 2.31 bits per heavy atom. The number of carbonyl (C=O) groups is 2. The lowest BCUT2D eigenvalue weighted by Gasteiger charge is -2.11. The van der Waals surface area contributed by atoms with E-state index in [1.165, 1.54) is 47.4 Å². The summed E-state index contributed by atoms with van der Waals surface area (Å²) >= 11 is 2.77. The Kier molecular flexibility index (Phi) is 7.54. The van der Waals surface area contributed by atoms with Crippen LogP contribution >= 0.6 is 23.1 Å². The van der Waals surface area contributed by atoms with Gasteiger partial charge in [0.05, 0.1) is 15.9 Å². The number of non-ortho nitro benzene ring substituents is 1. The van der Waals surface area contributed by atoms with E-state index in [4.69, 9.17) is 0 Å². The highest BCUT2D eigenvalue weighted by atomic mass is 32.2. The van der Waals surface area contributed by atoms with Crippen molar-refractivity contribution in [1.82, 2.24) is 4.98 Å². The largest absolute Gasteiger partial charge is 0.322 e. The SMILES string of the molecule is CC(Sc1ccc(NC(=O)c2ccc([N+](=O)[O-])cc2)cc1)C(=O)Nc1nc(-c2ccccc2)cs1. The number of thioether (sulfide) groups is 1. The molecule has 1 atom stereocenters. The van der Waals surface area contributed by atoms with Gasteiger partial charge in [0, 0.05) is 39.2 Å². The zero-order chi connectivity index (χ0) is 24.8. The van der Waals surface area contributed by atoms with Gasteiger partial charge in [-0.15, -0.1) is 23.1 Å². The summed E-state index contributed by atoms with van der Waals surface area (Å²) in [5.74, 6) is -0.522. The van der Waals surface area contributed by atoms with Gasteiger partial charge in [0.2, 0.25) is 5.91 Å². The molecular formula is C25H20N4O4S2. The van der Waals surface area contributed by atoms with Gasteiger partial charge in [-0.3, -0.25) is 19.7 Å². The van der Waals surface area contributed by atoms with Gasteiger partial charge in [-0.05, 0) is 43.3 Å². The lowest BCUT2D eigenvalue weighted by Crippen LogP contribution is -2.22. The maximum atomic E-state index is 12.6. The minimum Gasteiger partial charge on any atom is -0.322 e. The van der Waals surface area contributed by atoms with Gasteiger partial charge in [-0.1, -0.05) is 30.3 Å². The van der Waals surface area contributed by atoms with E-state index in [2.05, 4.69) is 15.6 Å². The Morgan fingerprint density at radius 2 is 1.66 bits per heavy atom. The van der Waals surface area contributed by atoms with Crippen molar-refractivity contribution in [3.05, 3.63) is 99.9 Å². The molecule has 1 aromatic heterocycles. The Labute approximate surface area is 209 Å². The van der Waals surface area contributed by atoms with Crippen LogP contribution in [-0.2, 0) is 4.79 Å². The number of hydrogen-bond donors (Lipinski definition) is 2. The summed E-state index contributed by atoms with van der Waals surface area (Å²) in [4.78, 5) is 40.6. The molecule has 0 saturated carbocycles. The molecule has 2 N–H and O–H groups in total. The summed E-state index contributed by atoms with van der Waals surface area (Å²) in [6.45, 7) is 1.82. The van der Waals surface area contributed by atoms with E-state index in [0.717, 1.165) is 16.2 Å². The number of nitrogens with one attached hydrogen (secondary N) is 2. The number of aromatic nitrogens is 1.